The number of anilines is 1. The van der Waals surface area contributed by atoms with Crippen molar-refractivity contribution in [2.75, 3.05) is 65.3 Å². The fraction of sp³-hybridized carbons (Fsp3) is 0.722. The largest absolute Gasteiger partial charge is 0.374 e. The zero-order valence-corrected chi connectivity index (χ0v) is 20.0. The molecule has 0 aliphatic heterocycles. The maximum atomic E-state index is 12.4. The van der Waals surface area contributed by atoms with E-state index in [-0.39, 0.29) is 29.2 Å². The number of carbonyl (C=O) groups is 1. The summed E-state index contributed by atoms with van der Waals surface area (Å²) in [7, 11) is 0.484. The zero-order valence-electron chi connectivity index (χ0n) is 18.4. The third kappa shape index (κ3) is 10.4. The minimum Gasteiger partial charge on any atom is -0.374 e. The van der Waals surface area contributed by atoms with E-state index in [1.54, 1.807) is 6.92 Å². The van der Waals surface area contributed by atoms with Gasteiger partial charge in [0.05, 0.1) is 46.4 Å². The first-order chi connectivity index (χ1) is 14.1. The molecule has 10 nitrogen and oxygen atoms in total. The Morgan fingerprint density at radius 2 is 2.00 bits per heavy atom. The maximum absolute atomic E-state index is 12.4. The molecule has 1 aromatic rings. The SMILES string of the molecule is CCN=C=NCCC[N+](C)(C)CCOCCNS(=O)(=O)c1nc(NC(C)=O)sc1C. The van der Waals surface area contributed by atoms with Gasteiger partial charge in [-0.2, -0.15) is 0 Å². The molecule has 170 valence electrons. The fourth-order valence-electron chi connectivity index (χ4n) is 2.43. The fourth-order valence-corrected chi connectivity index (χ4v) is 4.77. The van der Waals surface area contributed by atoms with Crippen LogP contribution in [0.4, 0.5) is 5.13 Å². The van der Waals surface area contributed by atoms with Crippen LogP contribution >= 0.6 is 11.3 Å². The van der Waals surface area contributed by atoms with Gasteiger partial charge in [-0.05, 0) is 13.8 Å². The van der Waals surface area contributed by atoms with Crippen LogP contribution in [0.5, 0.6) is 0 Å². The number of likely N-dealkylation sites (N-methyl/N-ethyl adjacent to an activating group) is 1. The second kappa shape index (κ2) is 12.9. The summed E-state index contributed by atoms with van der Waals surface area (Å²) < 4.78 is 33.6. The van der Waals surface area contributed by atoms with Crippen molar-refractivity contribution in [3.8, 4) is 0 Å². The molecule has 0 aliphatic rings. The Labute approximate surface area is 183 Å². The highest BCUT2D eigenvalue weighted by atomic mass is 32.2. The van der Waals surface area contributed by atoms with Crippen LogP contribution in [-0.2, 0) is 19.6 Å². The number of sulfonamides is 1. The minimum absolute atomic E-state index is 0.0688. The Hall–Kier alpha value is -1.69. The van der Waals surface area contributed by atoms with E-state index in [9.17, 15) is 13.2 Å². The number of nitrogens with one attached hydrogen (secondary N) is 2. The van der Waals surface area contributed by atoms with Gasteiger partial charge in [0.2, 0.25) is 5.91 Å². The summed E-state index contributed by atoms with van der Waals surface area (Å²) in [6, 6.07) is 2.66. The molecular weight excluding hydrogens is 428 g/mol. The van der Waals surface area contributed by atoms with E-state index in [0.717, 1.165) is 35.3 Å². The van der Waals surface area contributed by atoms with Crippen molar-refractivity contribution in [1.29, 1.82) is 0 Å². The number of aryl methyl sites for hydroxylation is 1. The summed E-state index contributed by atoms with van der Waals surface area (Å²) in [4.78, 5) is 23.6. The van der Waals surface area contributed by atoms with Crippen molar-refractivity contribution in [2.24, 2.45) is 9.98 Å². The molecular formula is C18H33N6O4S2+. The number of ether oxygens (including phenoxy) is 1. The lowest BCUT2D eigenvalue weighted by Gasteiger charge is -2.29. The molecule has 0 bridgehead atoms. The molecule has 12 heteroatoms. The molecule has 0 fully saturated rings. The molecule has 1 amide bonds. The second-order valence-corrected chi connectivity index (χ2v) is 10.1. The molecule has 30 heavy (non-hydrogen) atoms. The molecule has 1 heterocycles. The van der Waals surface area contributed by atoms with Gasteiger partial charge in [-0.15, -0.1) is 11.3 Å². The number of nitrogens with zero attached hydrogens (tertiary/aromatic N) is 4. The first-order valence-corrected chi connectivity index (χ1v) is 12.1. The van der Waals surface area contributed by atoms with Gasteiger partial charge < -0.3 is 14.5 Å². The first-order valence-electron chi connectivity index (χ1n) is 9.80. The van der Waals surface area contributed by atoms with Crippen LogP contribution in [0.3, 0.4) is 0 Å². The van der Waals surface area contributed by atoms with Crippen LogP contribution < -0.4 is 10.0 Å². The molecule has 0 saturated heterocycles. The van der Waals surface area contributed by atoms with Gasteiger partial charge in [-0.25, -0.2) is 28.1 Å². The van der Waals surface area contributed by atoms with Crippen LogP contribution in [0.15, 0.2) is 15.0 Å². The predicted octanol–water partition coefficient (Wildman–Crippen LogP) is 1.37. The lowest BCUT2D eigenvalue weighted by atomic mass is 10.3. The standard InChI is InChI=1S/C18H32N6O4S2/c1-6-19-14-20-8-7-10-24(4,5)11-13-28-12-9-21-30(26,27)17-15(2)29-18(23-17)22-16(3)25/h21H,6-13H2,1-5H3/p+1. The topological polar surface area (TPSA) is 122 Å². The quantitative estimate of drug-likeness (QED) is 0.246. The van der Waals surface area contributed by atoms with Crippen LogP contribution in [0.1, 0.15) is 25.1 Å². The third-order valence-electron chi connectivity index (χ3n) is 4.00. The zero-order chi connectivity index (χ0) is 22.6. The van der Waals surface area contributed by atoms with E-state index in [4.69, 9.17) is 4.74 Å². The predicted molar refractivity (Wildman–Crippen MR) is 119 cm³/mol. The smallest absolute Gasteiger partial charge is 0.259 e. The molecule has 1 rings (SSSR count). The highest BCUT2D eigenvalue weighted by molar-refractivity contribution is 7.89. The molecule has 1 aromatic heterocycles. The van der Waals surface area contributed by atoms with Crippen LogP contribution in [0, 0.1) is 6.92 Å². The number of carbonyl (C=O) groups excluding carboxylic acids is 1. The lowest BCUT2D eigenvalue weighted by Crippen LogP contribution is -2.43. The normalized spacial score (nSPS) is 11.8. The van der Waals surface area contributed by atoms with Crippen molar-refractivity contribution >= 4 is 38.4 Å². The Bertz CT molecular complexity index is 845. The molecule has 0 aromatic carbocycles. The van der Waals surface area contributed by atoms with Gasteiger partial charge >= 0.3 is 0 Å². The number of hydrogen-bond acceptors (Lipinski definition) is 8. The van der Waals surface area contributed by atoms with E-state index in [1.165, 1.54) is 6.92 Å². The van der Waals surface area contributed by atoms with Crippen LogP contribution in [0.2, 0.25) is 0 Å². The number of rotatable bonds is 14. The van der Waals surface area contributed by atoms with E-state index in [1.807, 2.05) is 6.92 Å². The van der Waals surface area contributed by atoms with Crippen LogP contribution in [-0.4, -0.2) is 89.8 Å². The van der Waals surface area contributed by atoms with E-state index in [2.05, 4.69) is 45.1 Å². The van der Waals surface area contributed by atoms with Crippen molar-refractivity contribution in [2.45, 2.75) is 32.2 Å². The molecule has 0 unspecified atom stereocenters. The van der Waals surface area contributed by atoms with E-state index >= 15 is 0 Å². The molecule has 0 spiro atoms. The van der Waals surface area contributed by atoms with Gasteiger partial charge in [0.1, 0.15) is 6.54 Å². The number of quaternary nitrogens is 1. The molecule has 0 atom stereocenters. The Morgan fingerprint density at radius 1 is 1.27 bits per heavy atom. The number of aliphatic imine (C=N–C) groups is 2. The Kier molecular flexibility index (Phi) is 11.3. The van der Waals surface area contributed by atoms with Crippen LogP contribution in [0.25, 0.3) is 0 Å². The first kappa shape index (κ1) is 26.3. The minimum atomic E-state index is -3.75. The summed E-state index contributed by atoms with van der Waals surface area (Å²) in [5.74, 6) is -0.298. The second-order valence-electron chi connectivity index (χ2n) is 7.26. The summed E-state index contributed by atoms with van der Waals surface area (Å²) in [5, 5.41) is 2.69. The van der Waals surface area contributed by atoms with Crippen molar-refractivity contribution < 1.29 is 22.4 Å². The highest BCUT2D eigenvalue weighted by Crippen LogP contribution is 2.25. The van der Waals surface area contributed by atoms with E-state index in [0.29, 0.717) is 24.6 Å². The van der Waals surface area contributed by atoms with E-state index < -0.39 is 10.0 Å². The Balaban J connectivity index is 2.32. The summed E-state index contributed by atoms with van der Waals surface area (Å²) in [6.07, 6.45) is 0.937. The van der Waals surface area contributed by atoms with Gasteiger partial charge in [0.15, 0.2) is 10.2 Å². The lowest BCUT2D eigenvalue weighted by molar-refractivity contribution is -0.890. The summed E-state index contributed by atoms with van der Waals surface area (Å²) >= 11 is 1.12. The van der Waals surface area contributed by atoms with Gasteiger partial charge in [-0.1, -0.05) is 0 Å². The number of amides is 1. The highest BCUT2D eigenvalue weighted by Gasteiger charge is 2.22. The summed E-state index contributed by atoms with van der Waals surface area (Å²) in [5.41, 5.74) is 0. The number of thiazole rings is 1. The Morgan fingerprint density at radius 3 is 2.67 bits per heavy atom. The number of hydrogen-bond donors (Lipinski definition) is 2. The third-order valence-corrected chi connectivity index (χ3v) is 6.51. The maximum Gasteiger partial charge on any atom is 0.259 e. The average Bonchev–Trinajstić information content (AvgIpc) is 3.01. The molecule has 0 aliphatic carbocycles. The van der Waals surface area contributed by atoms with Crippen molar-refractivity contribution in [1.82, 2.24) is 9.71 Å². The average molecular weight is 462 g/mol. The summed E-state index contributed by atoms with van der Waals surface area (Å²) in [6.45, 7) is 9.03. The van der Waals surface area contributed by atoms with Crippen molar-refractivity contribution in [3.05, 3.63) is 4.88 Å². The van der Waals surface area contributed by atoms with Gasteiger partial charge in [-0.3, -0.25) is 4.79 Å². The van der Waals surface area contributed by atoms with Gasteiger partial charge in [0, 0.05) is 31.3 Å². The van der Waals surface area contributed by atoms with Crippen molar-refractivity contribution in [3.63, 3.8) is 0 Å². The molecule has 2 N–H and O–H groups in total. The number of aromatic nitrogens is 1. The molecule has 0 saturated carbocycles. The van der Waals surface area contributed by atoms with Gasteiger partial charge in [0.25, 0.3) is 10.0 Å². The molecule has 0 radical (unpaired) electrons. The monoisotopic (exact) mass is 461 g/mol.